The highest BCUT2D eigenvalue weighted by Crippen LogP contribution is 2.27. The number of hydrogen-bond acceptors (Lipinski definition) is 3. The van der Waals surface area contributed by atoms with Crippen LogP contribution in [0.1, 0.15) is 12.8 Å². The zero-order valence-corrected chi connectivity index (χ0v) is 14.8. The highest BCUT2D eigenvalue weighted by Gasteiger charge is 2.21. The van der Waals surface area contributed by atoms with Gasteiger partial charge in [-0.3, -0.25) is 9.59 Å². The molecule has 0 radical (unpaired) electrons. The van der Waals surface area contributed by atoms with Crippen LogP contribution in [-0.2, 0) is 9.59 Å². The fourth-order valence-corrected chi connectivity index (χ4v) is 3.04. The Morgan fingerprint density at radius 2 is 1.92 bits per heavy atom. The molecule has 5 nitrogen and oxygen atoms in total. The van der Waals surface area contributed by atoms with Gasteiger partial charge in [-0.15, -0.1) is 0 Å². The third-order valence-electron chi connectivity index (χ3n) is 3.79. The van der Waals surface area contributed by atoms with E-state index < -0.39 is 0 Å². The van der Waals surface area contributed by atoms with Gasteiger partial charge in [-0.2, -0.15) is 0 Å². The van der Waals surface area contributed by atoms with Crippen LogP contribution < -0.4 is 15.0 Å². The summed E-state index contributed by atoms with van der Waals surface area (Å²) in [5.41, 5.74) is 1.47. The number of carbonyl (C=O) groups excluding carboxylic acids is 2. The van der Waals surface area contributed by atoms with Crippen LogP contribution in [0.15, 0.2) is 42.5 Å². The van der Waals surface area contributed by atoms with E-state index >= 15 is 0 Å². The van der Waals surface area contributed by atoms with Gasteiger partial charge in [-0.1, -0.05) is 23.2 Å². The smallest absolute Gasteiger partial charge is 0.262 e. The molecule has 25 heavy (non-hydrogen) atoms. The van der Waals surface area contributed by atoms with Crippen LogP contribution in [0.5, 0.6) is 5.75 Å². The summed E-state index contributed by atoms with van der Waals surface area (Å²) in [7, 11) is 0. The number of nitrogens with one attached hydrogen (secondary N) is 1. The number of ether oxygens (including phenoxy) is 1. The van der Waals surface area contributed by atoms with E-state index in [1.807, 2.05) is 12.1 Å². The Hall–Kier alpha value is -2.24. The normalized spacial score (nSPS) is 13.8. The van der Waals surface area contributed by atoms with E-state index in [1.165, 1.54) is 0 Å². The molecule has 1 fully saturated rings. The van der Waals surface area contributed by atoms with E-state index in [0.29, 0.717) is 27.9 Å². The second-order valence-corrected chi connectivity index (χ2v) is 6.45. The Morgan fingerprint density at radius 3 is 2.56 bits per heavy atom. The fourth-order valence-electron chi connectivity index (χ4n) is 2.58. The van der Waals surface area contributed by atoms with Gasteiger partial charge in [0.1, 0.15) is 5.75 Å². The van der Waals surface area contributed by atoms with Gasteiger partial charge in [-0.25, -0.2) is 0 Å². The molecule has 0 aromatic heterocycles. The minimum atomic E-state index is -0.309. The standard InChI is InChI=1S/C18H16Cl2N2O3/c19-12-3-8-16(15(20)10-12)25-11-17(23)21-13-4-6-14(7-5-13)22-9-1-2-18(22)24/h3-8,10H,1-2,9,11H2,(H,21,23). The van der Waals surface area contributed by atoms with Gasteiger partial charge in [0.2, 0.25) is 5.91 Å². The molecule has 0 atom stereocenters. The van der Waals surface area contributed by atoms with Crippen LogP contribution in [0.2, 0.25) is 10.0 Å². The molecule has 0 aliphatic carbocycles. The minimum absolute atomic E-state index is 0.130. The van der Waals surface area contributed by atoms with E-state index in [4.69, 9.17) is 27.9 Å². The lowest BCUT2D eigenvalue weighted by Crippen LogP contribution is -2.23. The molecule has 1 N–H and O–H groups in total. The summed E-state index contributed by atoms with van der Waals surface area (Å²) in [6, 6.07) is 11.9. The summed E-state index contributed by atoms with van der Waals surface area (Å²) in [4.78, 5) is 25.5. The number of hydrogen-bond donors (Lipinski definition) is 1. The lowest BCUT2D eigenvalue weighted by atomic mass is 10.2. The number of benzene rings is 2. The van der Waals surface area contributed by atoms with Crippen molar-refractivity contribution in [2.45, 2.75) is 12.8 Å². The fraction of sp³-hybridized carbons (Fsp3) is 0.222. The maximum atomic E-state index is 12.0. The summed E-state index contributed by atoms with van der Waals surface area (Å²) in [6.45, 7) is 0.563. The number of amides is 2. The maximum Gasteiger partial charge on any atom is 0.262 e. The quantitative estimate of drug-likeness (QED) is 0.850. The minimum Gasteiger partial charge on any atom is -0.482 e. The van der Waals surface area contributed by atoms with Crippen molar-refractivity contribution in [3.8, 4) is 5.75 Å². The molecule has 1 aliphatic heterocycles. The third-order valence-corrected chi connectivity index (χ3v) is 4.32. The Kier molecular flexibility index (Phi) is 5.46. The molecular weight excluding hydrogens is 363 g/mol. The number of nitrogens with zero attached hydrogens (tertiary/aromatic N) is 1. The molecule has 0 bridgehead atoms. The SMILES string of the molecule is O=C(COc1ccc(Cl)cc1Cl)Nc1ccc(N2CCCC2=O)cc1. The van der Waals surface area contributed by atoms with Crippen molar-refractivity contribution in [3.05, 3.63) is 52.5 Å². The largest absolute Gasteiger partial charge is 0.482 e. The average Bonchev–Trinajstić information content (AvgIpc) is 3.01. The maximum absolute atomic E-state index is 12.0. The molecule has 3 rings (SSSR count). The second kappa shape index (κ2) is 7.76. The van der Waals surface area contributed by atoms with Gasteiger partial charge in [-0.05, 0) is 48.9 Å². The lowest BCUT2D eigenvalue weighted by Gasteiger charge is -2.16. The summed E-state index contributed by atoms with van der Waals surface area (Å²) in [6.07, 6.45) is 1.46. The van der Waals surface area contributed by atoms with Crippen molar-refractivity contribution in [3.63, 3.8) is 0 Å². The first-order valence-electron chi connectivity index (χ1n) is 7.81. The molecule has 2 amide bonds. The van der Waals surface area contributed by atoms with Gasteiger partial charge in [0.05, 0.1) is 5.02 Å². The number of anilines is 2. The van der Waals surface area contributed by atoms with Gasteiger partial charge >= 0.3 is 0 Å². The van der Waals surface area contributed by atoms with E-state index in [2.05, 4.69) is 5.32 Å². The first-order chi connectivity index (χ1) is 12.0. The van der Waals surface area contributed by atoms with Crippen molar-refractivity contribution < 1.29 is 14.3 Å². The molecule has 130 valence electrons. The van der Waals surface area contributed by atoms with Crippen molar-refractivity contribution in [1.29, 1.82) is 0 Å². The molecular formula is C18H16Cl2N2O3. The molecule has 1 saturated heterocycles. The summed E-state index contributed by atoms with van der Waals surface area (Å²) in [5, 5.41) is 3.58. The van der Waals surface area contributed by atoms with Crippen LogP contribution in [0.25, 0.3) is 0 Å². The van der Waals surface area contributed by atoms with Crippen LogP contribution in [0.4, 0.5) is 11.4 Å². The molecule has 0 unspecified atom stereocenters. The van der Waals surface area contributed by atoms with Crippen molar-refractivity contribution in [2.75, 3.05) is 23.4 Å². The Bertz CT molecular complexity index is 793. The Morgan fingerprint density at radius 1 is 1.16 bits per heavy atom. The van der Waals surface area contributed by atoms with Crippen LogP contribution in [-0.4, -0.2) is 25.0 Å². The second-order valence-electron chi connectivity index (χ2n) is 5.61. The molecule has 0 spiro atoms. The van der Waals surface area contributed by atoms with Crippen molar-refractivity contribution in [2.24, 2.45) is 0 Å². The van der Waals surface area contributed by atoms with E-state index in [1.54, 1.807) is 35.2 Å². The van der Waals surface area contributed by atoms with Gasteiger partial charge < -0.3 is 15.0 Å². The third kappa shape index (κ3) is 4.44. The highest BCUT2D eigenvalue weighted by molar-refractivity contribution is 6.35. The van der Waals surface area contributed by atoms with Gasteiger partial charge in [0, 0.05) is 29.4 Å². The predicted molar refractivity (Wildman–Crippen MR) is 98.6 cm³/mol. The summed E-state index contributed by atoms with van der Waals surface area (Å²) in [5.74, 6) is 0.213. The molecule has 0 saturated carbocycles. The number of carbonyl (C=O) groups is 2. The molecule has 1 heterocycles. The van der Waals surface area contributed by atoms with Crippen molar-refractivity contribution >= 4 is 46.4 Å². The first-order valence-corrected chi connectivity index (χ1v) is 8.56. The van der Waals surface area contributed by atoms with Crippen LogP contribution >= 0.6 is 23.2 Å². The topological polar surface area (TPSA) is 58.6 Å². The Labute approximate surface area is 155 Å². The molecule has 2 aromatic carbocycles. The average molecular weight is 379 g/mol. The monoisotopic (exact) mass is 378 g/mol. The zero-order chi connectivity index (χ0) is 17.8. The van der Waals surface area contributed by atoms with E-state index in [-0.39, 0.29) is 18.4 Å². The summed E-state index contributed by atoms with van der Waals surface area (Å²) >= 11 is 11.8. The Balaban J connectivity index is 1.55. The van der Waals surface area contributed by atoms with E-state index in [9.17, 15) is 9.59 Å². The molecule has 1 aliphatic rings. The first kappa shape index (κ1) is 17.6. The number of rotatable bonds is 5. The molecule has 2 aromatic rings. The lowest BCUT2D eigenvalue weighted by molar-refractivity contribution is -0.118. The highest BCUT2D eigenvalue weighted by atomic mass is 35.5. The summed E-state index contributed by atoms with van der Waals surface area (Å²) < 4.78 is 5.39. The molecule has 7 heteroatoms. The predicted octanol–water partition coefficient (Wildman–Crippen LogP) is 4.14. The zero-order valence-electron chi connectivity index (χ0n) is 13.3. The van der Waals surface area contributed by atoms with Gasteiger partial charge in [0.15, 0.2) is 6.61 Å². The van der Waals surface area contributed by atoms with Crippen LogP contribution in [0.3, 0.4) is 0 Å². The van der Waals surface area contributed by atoms with Crippen LogP contribution in [0, 0.1) is 0 Å². The van der Waals surface area contributed by atoms with Gasteiger partial charge in [0.25, 0.3) is 5.91 Å². The van der Waals surface area contributed by atoms with Crippen molar-refractivity contribution in [1.82, 2.24) is 0 Å². The van der Waals surface area contributed by atoms with E-state index in [0.717, 1.165) is 18.7 Å². The number of halogens is 2.